The minimum atomic E-state index is -0.926. The van der Waals surface area contributed by atoms with Crippen molar-refractivity contribution in [2.75, 3.05) is 6.61 Å². The lowest BCUT2D eigenvalue weighted by Gasteiger charge is -2.26. The van der Waals surface area contributed by atoms with Crippen molar-refractivity contribution in [1.82, 2.24) is 10.6 Å². The summed E-state index contributed by atoms with van der Waals surface area (Å²) in [5.74, 6) is -1.89. The lowest BCUT2D eigenvalue weighted by molar-refractivity contribution is -0.134. The number of hydrogen-bond donors (Lipinski definition) is 2. The van der Waals surface area contributed by atoms with Crippen LogP contribution in [0.15, 0.2) is 91.0 Å². The van der Waals surface area contributed by atoms with Crippen LogP contribution in [0.1, 0.15) is 43.9 Å². The molecule has 4 atom stereocenters. The van der Waals surface area contributed by atoms with Crippen LogP contribution in [-0.4, -0.2) is 47.9 Å². The Kier molecular flexibility index (Phi) is 10.8. The van der Waals surface area contributed by atoms with Gasteiger partial charge in [-0.3, -0.25) is 14.4 Å². The van der Waals surface area contributed by atoms with Crippen LogP contribution in [-0.2, 0) is 43.3 Å². The first-order chi connectivity index (χ1) is 20.6. The molecular weight excluding hydrogens is 544 g/mol. The highest BCUT2D eigenvalue weighted by Crippen LogP contribution is 2.29. The van der Waals surface area contributed by atoms with E-state index in [4.69, 9.17) is 9.47 Å². The molecule has 0 radical (unpaired) electrons. The maximum atomic E-state index is 13.8. The molecule has 226 valence electrons. The number of carbonyl (C=O) groups excluding carboxylic acids is 4. The van der Waals surface area contributed by atoms with E-state index < -0.39 is 35.6 Å². The molecule has 1 fully saturated rings. The minimum Gasteiger partial charge on any atom is -0.445 e. The molecule has 1 heterocycles. The van der Waals surface area contributed by atoms with E-state index in [0.717, 1.165) is 16.7 Å². The van der Waals surface area contributed by atoms with E-state index in [9.17, 15) is 19.2 Å². The van der Waals surface area contributed by atoms with Crippen LogP contribution < -0.4 is 10.6 Å². The van der Waals surface area contributed by atoms with Gasteiger partial charge < -0.3 is 20.1 Å². The third-order valence-electron chi connectivity index (χ3n) is 7.66. The number of amides is 2. The van der Waals surface area contributed by atoms with Gasteiger partial charge in [-0.05, 0) is 42.4 Å². The molecule has 43 heavy (non-hydrogen) atoms. The van der Waals surface area contributed by atoms with Crippen molar-refractivity contribution in [1.29, 1.82) is 0 Å². The highest BCUT2D eigenvalue weighted by molar-refractivity contribution is 5.98. The Morgan fingerprint density at radius 1 is 0.791 bits per heavy atom. The average Bonchev–Trinajstić information content (AvgIpc) is 3.77. The summed E-state index contributed by atoms with van der Waals surface area (Å²) in [7, 11) is 0. The third kappa shape index (κ3) is 9.35. The summed E-state index contributed by atoms with van der Waals surface area (Å²) in [5.41, 5.74) is 1.69. The van der Waals surface area contributed by atoms with Crippen LogP contribution in [0.25, 0.3) is 0 Å². The summed E-state index contributed by atoms with van der Waals surface area (Å²) >= 11 is 0. The number of hydrogen-bond acceptors (Lipinski definition) is 6. The molecule has 8 nitrogen and oxygen atoms in total. The van der Waals surface area contributed by atoms with Gasteiger partial charge in [0.15, 0.2) is 11.6 Å². The van der Waals surface area contributed by atoms with Crippen LogP contribution in [0.4, 0.5) is 4.79 Å². The van der Waals surface area contributed by atoms with E-state index in [1.165, 1.54) is 0 Å². The monoisotopic (exact) mass is 584 g/mol. The predicted octanol–water partition coefficient (Wildman–Crippen LogP) is 4.84. The normalized spacial score (nSPS) is 17.8. The molecule has 2 N–H and O–H groups in total. The van der Waals surface area contributed by atoms with Crippen molar-refractivity contribution in [3.63, 3.8) is 0 Å². The fraction of sp³-hybridized carbons (Fsp3) is 0.371. The molecule has 0 bridgehead atoms. The van der Waals surface area contributed by atoms with Gasteiger partial charge in [0, 0.05) is 12.3 Å². The second-order valence-corrected chi connectivity index (χ2v) is 11.6. The highest BCUT2D eigenvalue weighted by Gasteiger charge is 2.50. The molecule has 1 aliphatic rings. The Hall–Kier alpha value is -4.30. The van der Waals surface area contributed by atoms with Gasteiger partial charge in [0.05, 0.1) is 18.7 Å². The Morgan fingerprint density at radius 3 is 1.81 bits per heavy atom. The second kappa shape index (κ2) is 14.7. The number of ether oxygens (including phenoxy) is 2. The van der Waals surface area contributed by atoms with Gasteiger partial charge in [-0.1, -0.05) is 105 Å². The van der Waals surface area contributed by atoms with Gasteiger partial charge in [-0.15, -0.1) is 0 Å². The van der Waals surface area contributed by atoms with Gasteiger partial charge >= 0.3 is 6.09 Å². The van der Waals surface area contributed by atoms with Crippen molar-refractivity contribution in [2.45, 2.75) is 64.3 Å². The number of nitrogens with one attached hydrogen (secondary N) is 2. The van der Waals surface area contributed by atoms with Crippen molar-refractivity contribution < 1.29 is 28.7 Å². The zero-order valence-corrected chi connectivity index (χ0v) is 25.0. The Bertz CT molecular complexity index is 1370. The third-order valence-corrected chi connectivity index (χ3v) is 7.66. The number of ketones is 2. The summed E-state index contributed by atoms with van der Waals surface area (Å²) in [5, 5.41) is 5.65. The van der Waals surface area contributed by atoms with E-state index in [-0.39, 0.29) is 30.5 Å². The first-order valence-corrected chi connectivity index (χ1v) is 14.7. The van der Waals surface area contributed by atoms with Crippen molar-refractivity contribution in [3.05, 3.63) is 108 Å². The Morgan fingerprint density at radius 2 is 1.30 bits per heavy atom. The minimum absolute atomic E-state index is 0.0736. The van der Waals surface area contributed by atoms with Crippen LogP contribution in [0.2, 0.25) is 0 Å². The van der Waals surface area contributed by atoms with Crippen LogP contribution in [0, 0.1) is 11.8 Å². The van der Waals surface area contributed by atoms with Crippen LogP contribution in [0.3, 0.4) is 0 Å². The van der Waals surface area contributed by atoms with Gasteiger partial charge in [-0.25, -0.2) is 4.79 Å². The van der Waals surface area contributed by atoms with Crippen LogP contribution in [0.5, 0.6) is 0 Å². The summed E-state index contributed by atoms with van der Waals surface area (Å²) < 4.78 is 10.8. The molecule has 3 aromatic carbocycles. The summed E-state index contributed by atoms with van der Waals surface area (Å²) in [6.45, 7) is 5.76. The first-order valence-electron chi connectivity index (χ1n) is 14.7. The van der Waals surface area contributed by atoms with Crippen molar-refractivity contribution in [3.8, 4) is 0 Å². The number of carbonyl (C=O) groups is 4. The number of alkyl carbamates (subject to hydrolysis) is 1. The first kappa shape index (κ1) is 31.6. The Balaban J connectivity index is 1.48. The van der Waals surface area contributed by atoms with Gasteiger partial charge in [0.25, 0.3) is 0 Å². The fourth-order valence-corrected chi connectivity index (χ4v) is 5.00. The van der Waals surface area contributed by atoms with Crippen molar-refractivity contribution in [2.24, 2.45) is 11.8 Å². The molecule has 1 saturated heterocycles. The molecule has 1 aliphatic heterocycles. The second-order valence-electron chi connectivity index (χ2n) is 11.6. The molecule has 0 aliphatic carbocycles. The maximum Gasteiger partial charge on any atom is 0.408 e. The summed E-state index contributed by atoms with van der Waals surface area (Å²) in [6.07, 6.45) is -0.226. The molecule has 2 amide bonds. The molecule has 2 unspecified atom stereocenters. The quantitative estimate of drug-likeness (QED) is 0.247. The van der Waals surface area contributed by atoms with Crippen molar-refractivity contribution >= 4 is 23.6 Å². The number of Topliss-reactive ketones (excluding diaryl/α,β-unsaturated/α-hetero) is 2. The zero-order valence-electron chi connectivity index (χ0n) is 25.0. The van der Waals surface area contributed by atoms with E-state index in [1.54, 1.807) is 6.92 Å². The van der Waals surface area contributed by atoms with E-state index in [1.807, 2.05) is 105 Å². The van der Waals surface area contributed by atoms with E-state index in [2.05, 4.69) is 10.6 Å². The molecule has 8 heteroatoms. The fourth-order valence-electron chi connectivity index (χ4n) is 5.00. The Labute approximate surface area is 253 Å². The smallest absolute Gasteiger partial charge is 0.408 e. The van der Waals surface area contributed by atoms with Gasteiger partial charge in [0.1, 0.15) is 12.2 Å². The molecule has 0 aromatic heterocycles. The molecular formula is C35H40N2O6. The number of benzene rings is 3. The van der Waals surface area contributed by atoms with Gasteiger partial charge in [-0.2, -0.15) is 0 Å². The lowest BCUT2D eigenvalue weighted by atomic mass is 9.87. The average molecular weight is 585 g/mol. The largest absolute Gasteiger partial charge is 0.445 e. The summed E-state index contributed by atoms with van der Waals surface area (Å²) in [6, 6.07) is 26.5. The topological polar surface area (TPSA) is 114 Å². The van der Waals surface area contributed by atoms with E-state index in [0.29, 0.717) is 19.4 Å². The molecule has 0 spiro atoms. The standard InChI is InChI=1S/C35H40N2O6/c1-24(2)31(37-34(41)42-22-27-17-11-6-12-18-27)30(38)21-28(19-25-13-7-4-8-14-25)33(40)36-29(32(39)35(3)23-43-35)20-26-15-9-5-10-16-26/h4-18,24,28-29,31H,19-23H2,1-3H3,(H,36,40)(H,37,41)/t28-,29+,31?,35?/m1/s1. The highest BCUT2D eigenvalue weighted by atomic mass is 16.6. The SMILES string of the molecule is CC(C)C(NC(=O)OCc1ccccc1)C(=O)C[C@@H](Cc1ccccc1)C(=O)N[C@@H](Cc1ccccc1)C(=O)C1(C)CO1. The lowest BCUT2D eigenvalue weighted by Crippen LogP contribution is -2.50. The van der Waals surface area contributed by atoms with Gasteiger partial charge in [0.2, 0.25) is 5.91 Å². The molecule has 4 rings (SSSR count). The predicted molar refractivity (Wildman–Crippen MR) is 163 cm³/mol. The number of epoxide rings is 1. The van der Waals surface area contributed by atoms with E-state index >= 15 is 0 Å². The summed E-state index contributed by atoms with van der Waals surface area (Å²) in [4.78, 5) is 53.5. The molecule has 3 aromatic rings. The zero-order chi connectivity index (χ0) is 30.8. The number of rotatable bonds is 15. The maximum absolute atomic E-state index is 13.8. The molecule has 0 saturated carbocycles. The van der Waals surface area contributed by atoms with Crippen LogP contribution >= 0.6 is 0 Å².